The van der Waals surface area contributed by atoms with Crippen LogP contribution in [0.15, 0.2) is 34.0 Å². The number of nitrogens with one attached hydrogen (secondary N) is 2. The molecule has 2 N–H and O–H groups in total. The third-order valence-corrected chi connectivity index (χ3v) is 6.82. The minimum atomic E-state index is -3.61. The maximum absolute atomic E-state index is 12.9. The van der Waals surface area contributed by atoms with Gasteiger partial charge in [0.15, 0.2) is 0 Å². The van der Waals surface area contributed by atoms with Crippen molar-refractivity contribution in [2.45, 2.75) is 43.0 Å². The summed E-state index contributed by atoms with van der Waals surface area (Å²) in [7, 11) is -3.61. The number of pyridine rings is 1. The Labute approximate surface area is 151 Å². The highest BCUT2D eigenvalue weighted by molar-refractivity contribution is 7.89. The standard InChI is InChI=1S/C18H21N3O4S/c22-17-11-15(18(23)19-12-4-5-12)14-10-13(6-7-16(14)20-17)26(24,25)21-8-2-1-3-9-21/h6-7,10-12H,1-5,8-9H2,(H,19,23)(H,20,22). The number of carbonyl (C=O) groups excluding carboxylic acids is 1. The van der Waals surface area contributed by atoms with Crippen molar-refractivity contribution in [3.63, 3.8) is 0 Å². The molecule has 2 heterocycles. The van der Waals surface area contributed by atoms with Crippen LogP contribution in [0.4, 0.5) is 0 Å². The number of fused-ring (bicyclic) bond motifs is 1. The summed E-state index contributed by atoms with van der Waals surface area (Å²) in [5.74, 6) is -0.337. The summed E-state index contributed by atoms with van der Waals surface area (Å²) in [4.78, 5) is 27.2. The average molecular weight is 375 g/mol. The molecule has 2 fully saturated rings. The number of aromatic nitrogens is 1. The summed E-state index contributed by atoms with van der Waals surface area (Å²) in [6.45, 7) is 1.03. The number of nitrogens with zero attached hydrogens (tertiary/aromatic N) is 1. The molecular formula is C18H21N3O4S. The van der Waals surface area contributed by atoms with Crippen LogP contribution in [0.3, 0.4) is 0 Å². The maximum Gasteiger partial charge on any atom is 0.252 e. The van der Waals surface area contributed by atoms with Gasteiger partial charge >= 0.3 is 0 Å². The molecule has 4 rings (SSSR count). The summed E-state index contributed by atoms with van der Waals surface area (Å²) >= 11 is 0. The van der Waals surface area contributed by atoms with Crippen molar-refractivity contribution in [1.29, 1.82) is 0 Å². The van der Waals surface area contributed by atoms with E-state index in [0.29, 0.717) is 24.0 Å². The molecule has 1 aliphatic heterocycles. The summed E-state index contributed by atoms with van der Waals surface area (Å²) < 4.78 is 27.3. The number of rotatable bonds is 4. The van der Waals surface area contributed by atoms with Crippen molar-refractivity contribution in [1.82, 2.24) is 14.6 Å². The fourth-order valence-corrected chi connectivity index (χ4v) is 4.87. The molecule has 138 valence electrons. The highest BCUT2D eigenvalue weighted by Gasteiger charge is 2.28. The van der Waals surface area contributed by atoms with Crippen LogP contribution in [0.1, 0.15) is 42.5 Å². The number of piperidine rings is 1. The Bertz CT molecular complexity index is 1020. The number of sulfonamides is 1. The van der Waals surface area contributed by atoms with Crippen molar-refractivity contribution in [2.75, 3.05) is 13.1 Å². The third kappa shape index (κ3) is 3.26. The summed E-state index contributed by atoms with van der Waals surface area (Å²) in [6.07, 6.45) is 4.61. The Hall–Kier alpha value is -2.19. The van der Waals surface area contributed by atoms with E-state index in [0.717, 1.165) is 32.1 Å². The SMILES string of the molecule is O=C(NC1CC1)c1cc(=O)[nH]c2ccc(S(=O)(=O)N3CCCCC3)cc12. The molecule has 1 aliphatic carbocycles. The van der Waals surface area contributed by atoms with Gasteiger partial charge in [0.1, 0.15) is 0 Å². The van der Waals surface area contributed by atoms with Crippen LogP contribution in [-0.2, 0) is 10.0 Å². The van der Waals surface area contributed by atoms with Crippen LogP contribution in [0.2, 0.25) is 0 Å². The predicted molar refractivity (Wildman–Crippen MR) is 97.7 cm³/mol. The predicted octanol–water partition coefficient (Wildman–Crippen LogP) is 1.59. The number of carbonyl (C=O) groups is 1. The molecule has 7 nitrogen and oxygen atoms in total. The molecule has 0 atom stereocenters. The quantitative estimate of drug-likeness (QED) is 0.848. The van der Waals surface area contributed by atoms with Crippen LogP contribution in [-0.4, -0.2) is 42.7 Å². The lowest BCUT2D eigenvalue weighted by Crippen LogP contribution is -2.35. The molecule has 0 bridgehead atoms. The molecule has 2 aromatic rings. The van der Waals surface area contributed by atoms with Crippen LogP contribution in [0.25, 0.3) is 10.9 Å². The Balaban J connectivity index is 1.79. The van der Waals surface area contributed by atoms with E-state index in [1.807, 2.05) is 0 Å². The largest absolute Gasteiger partial charge is 0.349 e. The van der Waals surface area contributed by atoms with Crippen molar-refractivity contribution >= 4 is 26.8 Å². The third-order valence-electron chi connectivity index (χ3n) is 4.92. The highest BCUT2D eigenvalue weighted by atomic mass is 32.2. The molecule has 1 aromatic carbocycles. The molecule has 2 aliphatic rings. The van der Waals surface area contributed by atoms with Crippen molar-refractivity contribution in [3.8, 4) is 0 Å². The lowest BCUT2D eigenvalue weighted by molar-refractivity contribution is 0.0952. The van der Waals surface area contributed by atoms with Gasteiger partial charge in [-0.2, -0.15) is 4.31 Å². The van der Waals surface area contributed by atoms with Crippen LogP contribution < -0.4 is 10.9 Å². The summed E-state index contributed by atoms with van der Waals surface area (Å²) in [5.41, 5.74) is 0.285. The fourth-order valence-electron chi connectivity index (χ4n) is 3.33. The van der Waals surface area contributed by atoms with E-state index in [-0.39, 0.29) is 28.0 Å². The first-order valence-corrected chi connectivity index (χ1v) is 10.4. The first-order valence-electron chi connectivity index (χ1n) is 8.93. The molecular weight excluding hydrogens is 354 g/mol. The van der Waals surface area contributed by atoms with Gasteiger partial charge in [0.2, 0.25) is 15.6 Å². The molecule has 0 spiro atoms. The second-order valence-electron chi connectivity index (χ2n) is 6.97. The van der Waals surface area contributed by atoms with E-state index in [1.165, 1.54) is 22.5 Å². The molecule has 1 aromatic heterocycles. The van der Waals surface area contributed by atoms with Crippen molar-refractivity contribution < 1.29 is 13.2 Å². The number of aromatic amines is 1. The molecule has 1 saturated carbocycles. The second kappa shape index (κ2) is 6.51. The van der Waals surface area contributed by atoms with Crippen molar-refractivity contribution in [2.24, 2.45) is 0 Å². The molecule has 8 heteroatoms. The van der Waals surface area contributed by atoms with Crippen molar-refractivity contribution in [3.05, 3.63) is 40.2 Å². The minimum absolute atomic E-state index is 0.150. The topological polar surface area (TPSA) is 99.3 Å². The van der Waals surface area contributed by atoms with Gasteiger partial charge in [-0.05, 0) is 43.9 Å². The van der Waals surface area contributed by atoms with Gasteiger partial charge in [0.25, 0.3) is 5.91 Å². The summed E-state index contributed by atoms with van der Waals surface area (Å²) in [5, 5.41) is 3.30. The van der Waals surface area contributed by atoms with Crippen LogP contribution in [0, 0.1) is 0 Å². The van der Waals surface area contributed by atoms with Gasteiger partial charge in [0.05, 0.1) is 10.5 Å². The van der Waals surface area contributed by atoms with E-state index >= 15 is 0 Å². The molecule has 0 unspecified atom stereocenters. The normalized spacial score (nSPS) is 18.8. The molecule has 1 amide bonds. The Morgan fingerprint density at radius 3 is 2.54 bits per heavy atom. The lowest BCUT2D eigenvalue weighted by atomic mass is 10.1. The first kappa shape index (κ1) is 17.2. The Morgan fingerprint density at radius 2 is 1.85 bits per heavy atom. The Morgan fingerprint density at radius 1 is 1.12 bits per heavy atom. The van der Waals surface area contributed by atoms with Gasteiger partial charge in [-0.3, -0.25) is 9.59 Å². The summed E-state index contributed by atoms with van der Waals surface area (Å²) in [6, 6.07) is 5.93. The highest BCUT2D eigenvalue weighted by Crippen LogP contribution is 2.26. The number of benzene rings is 1. The zero-order chi connectivity index (χ0) is 18.3. The van der Waals surface area contributed by atoms with E-state index in [2.05, 4.69) is 10.3 Å². The molecule has 1 saturated heterocycles. The van der Waals surface area contributed by atoms with E-state index < -0.39 is 10.0 Å². The van der Waals surface area contributed by atoms with Gasteiger partial charge in [-0.25, -0.2) is 8.42 Å². The van der Waals surface area contributed by atoms with Gasteiger partial charge in [-0.15, -0.1) is 0 Å². The first-order chi connectivity index (χ1) is 12.4. The number of hydrogen-bond acceptors (Lipinski definition) is 4. The minimum Gasteiger partial charge on any atom is -0.349 e. The molecule has 26 heavy (non-hydrogen) atoms. The van der Waals surface area contributed by atoms with Crippen LogP contribution in [0.5, 0.6) is 0 Å². The second-order valence-corrected chi connectivity index (χ2v) is 8.91. The van der Waals surface area contributed by atoms with E-state index in [9.17, 15) is 18.0 Å². The van der Waals surface area contributed by atoms with Gasteiger partial charge < -0.3 is 10.3 Å². The number of H-pyrrole nitrogens is 1. The maximum atomic E-state index is 12.9. The fraction of sp³-hybridized carbons (Fsp3) is 0.444. The Kier molecular flexibility index (Phi) is 4.32. The number of amides is 1. The average Bonchev–Trinajstić information content (AvgIpc) is 3.45. The van der Waals surface area contributed by atoms with E-state index in [1.54, 1.807) is 6.07 Å². The van der Waals surface area contributed by atoms with E-state index in [4.69, 9.17) is 0 Å². The van der Waals surface area contributed by atoms with Gasteiger partial charge in [0, 0.05) is 36.1 Å². The smallest absolute Gasteiger partial charge is 0.252 e. The van der Waals surface area contributed by atoms with Gasteiger partial charge in [-0.1, -0.05) is 6.42 Å². The number of hydrogen-bond donors (Lipinski definition) is 2. The zero-order valence-corrected chi connectivity index (χ0v) is 15.1. The molecule has 0 radical (unpaired) electrons. The zero-order valence-electron chi connectivity index (χ0n) is 14.3. The monoisotopic (exact) mass is 375 g/mol. The van der Waals surface area contributed by atoms with Crippen LogP contribution >= 0.6 is 0 Å². The lowest BCUT2D eigenvalue weighted by Gasteiger charge is -2.26.